The summed E-state index contributed by atoms with van der Waals surface area (Å²) in [5, 5.41) is 1.63. The highest BCUT2D eigenvalue weighted by molar-refractivity contribution is 6.00. The first-order chi connectivity index (χ1) is 9.95. The number of benzene rings is 1. The number of aromatic amines is 1. The first kappa shape index (κ1) is 13.1. The zero-order valence-electron chi connectivity index (χ0n) is 11.0. The Bertz CT molecular complexity index is 799. The van der Waals surface area contributed by atoms with Gasteiger partial charge in [-0.2, -0.15) is 0 Å². The summed E-state index contributed by atoms with van der Waals surface area (Å²) in [5.74, 6) is -1.06. The lowest BCUT2D eigenvalue weighted by atomic mass is 10.2. The van der Waals surface area contributed by atoms with Crippen LogP contribution < -0.4 is 16.0 Å². The molecule has 0 saturated carbocycles. The number of pyridine rings is 1. The Hall–Kier alpha value is -2.90. The van der Waals surface area contributed by atoms with Crippen LogP contribution >= 0.6 is 0 Å². The number of likely N-dealkylation sites (N-methyl/N-ethyl adjacent to an activating group) is 1. The summed E-state index contributed by atoms with van der Waals surface area (Å²) in [6, 6.07) is 4.75. The number of hydrogen-bond donors (Lipinski definition) is 2. The van der Waals surface area contributed by atoms with Gasteiger partial charge in [0.05, 0.1) is 11.2 Å². The smallest absolute Gasteiger partial charge is 0.322 e. The van der Waals surface area contributed by atoms with Crippen LogP contribution in [0.25, 0.3) is 10.9 Å². The molecule has 2 aromatic rings. The molecule has 0 atom stereocenters. The Morgan fingerprint density at radius 1 is 1.19 bits per heavy atom. The van der Waals surface area contributed by atoms with Crippen molar-refractivity contribution in [1.82, 2.24) is 15.3 Å². The van der Waals surface area contributed by atoms with E-state index in [1.165, 1.54) is 31.3 Å². The van der Waals surface area contributed by atoms with Crippen LogP contribution in [-0.2, 0) is 4.79 Å². The van der Waals surface area contributed by atoms with Crippen molar-refractivity contribution in [2.45, 2.75) is 0 Å². The molecule has 21 heavy (non-hydrogen) atoms. The highest BCUT2D eigenvalue weighted by Gasteiger charge is 2.29. The van der Waals surface area contributed by atoms with Crippen molar-refractivity contribution in [2.24, 2.45) is 0 Å². The van der Waals surface area contributed by atoms with Gasteiger partial charge in [-0.05, 0) is 18.2 Å². The maximum absolute atomic E-state index is 14.1. The molecule has 0 unspecified atom stereocenters. The fourth-order valence-electron chi connectivity index (χ4n) is 2.10. The maximum atomic E-state index is 14.1. The van der Waals surface area contributed by atoms with Crippen molar-refractivity contribution in [3.8, 4) is 0 Å². The molecule has 0 radical (unpaired) electrons. The summed E-state index contributed by atoms with van der Waals surface area (Å²) in [5.41, 5.74) is 2.51. The molecule has 1 aliphatic rings. The quantitative estimate of drug-likeness (QED) is 0.804. The van der Waals surface area contributed by atoms with E-state index >= 15 is 0 Å². The largest absolute Gasteiger partial charge is 0.342 e. The number of carbonyl (C=O) groups excluding carboxylic acids is 2. The minimum atomic E-state index is -0.646. The molecule has 2 heterocycles. The summed E-state index contributed by atoms with van der Waals surface area (Å²) >= 11 is 0. The third kappa shape index (κ3) is 2.20. The lowest BCUT2D eigenvalue weighted by Gasteiger charge is -2.33. The first-order valence-electron chi connectivity index (χ1n) is 6.13. The van der Waals surface area contributed by atoms with Crippen molar-refractivity contribution >= 4 is 28.5 Å². The molecule has 1 fully saturated rings. The third-order valence-corrected chi connectivity index (χ3v) is 3.28. The third-order valence-electron chi connectivity index (χ3n) is 3.28. The number of nitrogens with zero attached hydrogens (tertiary/aromatic N) is 2. The second-order valence-electron chi connectivity index (χ2n) is 4.67. The number of urea groups is 1. The van der Waals surface area contributed by atoms with Gasteiger partial charge in [0.25, 0.3) is 5.91 Å². The molecule has 3 rings (SSSR count). The van der Waals surface area contributed by atoms with E-state index in [0.717, 1.165) is 9.91 Å². The monoisotopic (exact) mass is 290 g/mol. The van der Waals surface area contributed by atoms with E-state index in [9.17, 15) is 18.8 Å². The second kappa shape index (κ2) is 4.58. The van der Waals surface area contributed by atoms with E-state index in [-0.39, 0.29) is 17.8 Å². The van der Waals surface area contributed by atoms with Crippen LogP contribution in [0, 0.1) is 5.82 Å². The molecule has 3 amide bonds. The number of imide groups is 1. The van der Waals surface area contributed by atoms with Crippen molar-refractivity contribution < 1.29 is 14.0 Å². The standard InChI is InChI=1S/C13H11FN4O3/c1-17-12(20)6-18(16-13(17)21)10-5-9-7(4-8(10)14)2-3-11(19)15-9/h2-5H,6H2,1H3,(H,15,19)(H,16,21). The average Bonchev–Trinajstić information content (AvgIpc) is 2.44. The number of fused-ring (bicyclic) bond motifs is 1. The number of rotatable bonds is 1. The Labute approximate surface area is 117 Å². The van der Waals surface area contributed by atoms with Gasteiger partial charge < -0.3 is 4.98 Å². The highest BCUT2D eigenvalue weighted by Crippen LogP contribution is 2.24. The molecule has 8 heteroatoms. The van der Waals surface area contributed by atoms with Crippen LogP contribution in [0.15, 0.2) is 29.1 Å². The fourth-order valence-corrected chi connectivity index (χ4v) is 2.10. The second-order valence-corrected chi connectivity index (χ2v) is 4.67. The number of carbonyl (C=O) groups is 2. The molecule has 2 N–H and O–H groups in total. The van der Waals surface area contributed by atoms with E-state index in [0.29, 0.717) is 10.9 Å². The van der Waals surface area contributed by atoms with Crippen LogP contribution in [0.3, 0.4) is 0 Å². The van der Waals surface area contributed by atoms with E-state index in [4.69, 9.17) is 0 Å². The molecule has 1 saturated heterocycles. The molecule has 108 valence electrons. The molecule has 1 aromatic heterocycles. The average molecular weight is 290 g/mol. The number of hydrogen-bond acceptors (Lipinski definition) is 4. The Morgan fingerprint density at radius 3 is 2.67 bits per heavy atom. The minimum absolute atomic E-state index is 0.0131. The fraction of sp³-hybridized carbons (Fsp3) is 0.154. The molecule has 1 aromatic carbocycles. The minimum Gasteiger partial charge on any atom is -0.322 e. The van der Waals surface area contributed by atoms with Gasteiger partial charge >= 0.3 is 6.03 Å². The number of aromatic nitrogens is 1. The number of anilines is 1. The van der Waals surface area contributed by atoms with E-state index < -0.39 is 17.8 Å². The van der Waals surface area contributed by atoms with Gasteiger partial charge in [0.15, 0.2) is 0 Å². The Morgan fingerprint density at radius 2 is 1.95 bits per heavy atom. The number of amides is 3. The van der Waals surface area contributed by atoms with Crippen LogP contribution in [0.4, 0.5) is 14.9 Å². The van der Waals surface area contributed by atoms with Crippen molar-refractivity contribution in [1.29, 1.82) is 0 Å². The summed E-state index contributed by atoms with van der Waals surface area (Å²) in [6.45, 7) is -0.193. The summed E-state index contributed by atoms with van der Waals surface area (Å²) < 4.78 is 14.1. The summed E-state index contributed by atoms with van der Waals surface area (Å²) in [4.78, 5) is 38.0. The van der Waals surface area contributed by atoms with Crippen LogP contribution in [0.2, 0.25) is 0 Å². The lowest BCUT2D eigenvalue weighted by molar-refractivity contribution is -0.126. The lowest BCUT2D eigenvalue weighted by Crippen LogP contribution is -2.59. The SMILES string of the molecule is CN1C(=O)CN(c2cc3[nH]c(=O)ccc3cc2F)NC1=O. The Kier molecular flexibility index (Phi) is 2.86. The van der Waals surface area contributed by atoms with Crippen LogP contribution in [-0.4, -0.2) is 35.4 Å². The predicted molar refractivity (Wildman–Crippen MR) is 73.2 cm³/mol. The topological polar surface area (TPSA) is 85.5 Å². The number of H-pyrrole nitrogens is 1. The Balaban J connectivity index is 2.07. The summed E-state index contributed by atoms with van der Waals surface area (Å²) in [7, 11) is 1.34. The first-order valence-corrected chi connectivity index (χ1v) is 6.13. The number of halogens is 1. The molecule has 1 aliphatic heterocycles. The van der Waals surface area contributed by atoms with Crippen LogP contribution in [0.5, 0.6) is 0 Å². The van der Waals surface area contributed by atoms with Gasteiger partial charge in [0, 0.05) is 18.5 Å². The predicted octanol–water partition coefficient (Wildman–Crippen LogP) is 0.570. The van der Waals surface area contributed by atoms with Gasteiger partial charge in [-0.15, -0.1) is 0 Å². The highest BCUT2D eigenvalue weighted by atomic mass is 19.1. The molecule has 0 bridgehead atoms. The molecular formula is C13H11FN4O3. The van der Waals surface area contributed by atoms with E-state index in [2.05, 4.69) is 10.4 Å². The van der Waals surface area contributed by atoms with Gasteiger partial charge in [0.2, 0.25) is 5.56 Å². The van der Waals surface area contributed by atoms with Gasteiger partial charge in [-0.25, -0.2) is 14.6 Å². The maximum Gasteiger partial charge on any atom is 0.342 e. The van der Waals surface area contributed by atoms with Gasteiger partial charge in [-0.1, -0.05) is 0 Å². The molecule has 0 aliphatic carbocycles. The van der Waals surface area contributed by atoms with Crippen molar-refractivity contribution in [3.63, 3.8) is 0 Å². The van der Waals surface area contributed by atoms with E-state index in [1.807, 2.05) is 0 Å². The van der Waals surface area contributed by atoms with Gasteiger partial charge in [-0.3, -0.25) is 19.5 Å². The molecule has 0 spiro atoms. The van der Waals surface area contributed by atoms with Crippen molar-refractivity contribution in [3.05, 3.63) is 40.4 Å². The van der Waals surface area contributed by atoms with Crippen molar-refractivity contribution in [2.75, 3.05) is 18.6 Å². The zero-order valence-corrected chi connectivity index (χ0v) is 11.0. The number of hydrazine groups is 1. The normalized spacial score (nSPS) is 15.5. The zero-order chi connectivity index (χ0) is 15.1. The van der Waals surface area contributed by atoms with Gasteiger partial charge in [0.1, 0.15) is 12.4 Å². The van der Waals surface area contributed by atoms with E-state index in [1.54, 1.807) is 0 Å². The molecule has 7 nitrogen and oxygen atoms in total. The number of nitrogens with one attached hydrogen (secondary N) is 2. The molecular weight excluding hydrogens is 279 g/mol. The van der Waals surface area contributed by atoms with Crippen LogP contribution in [0.1, 0.15) is 0 Å². The summed E-state index contributed by atoms with van der Waals surface area (Å²) in [6.07, 6.45) is 0.